The first-order chi connectivity index (χ1) is 12.9. The topological polar surface area (TPSA) is 75.7 Å². The summed E-state index contributed by atoms with van der Waals surface area (Å²) in [4.78, 5) is 38.2. The van der Waals surface area contributed by atoms with E-state index in [-0.39, 0.29) is 5.91 Å². The third-order valence-electron chi connectivity index (χ3n) is 4.44. The zero-order valence-corrected chi connectivity index (χ0v) is 15.4. The normalized spacial score (nSPS) is 14.7. The molecule has 2 aromatic rings. The molecule has 6 nitrogen and oxygen atoms in total. The minimum absolute atomic E-state index is 0.0476. The standard InChI is InChI=1S/C21H22N2O4/c1-14-8-10-17(11-9-14)22-20(25)15(2)27-21(26)16-5-3-6-18(13-16)23-12-4-7-19(23)24/h3,5-6,8-11,13,15H,4,7,12H2,1-2H3,(H,22,25)/t15-/m1/s1. The minimum Gasteiger partial charge on any atom is -0.449 e. The second-order valence-corrected chi connectivity index (χ2v) is 6.60. The van der Waals surface area contributed by atoms with E-state index in [0.717, 1.165) is 12.0 Å². The Labute approximate surface area is 158 Å². The van der Waals surface area contributed by atoms with E-state index in [2.05, 4.69) is 5.32 Å². The molecule has 1 saturated heterocycles. The fourth-order valence-corrected chi connectivity index (χ4v) is 2.88. The molecule has 0 saturated carbocycles. The van der Waals surface area contributed by atoms with Gasteiger partial charge >= 0.3 is 5.97 Å². The van der Waals surface area contributed by atoms with E-state index < -0.39 is 18.0 Å². The Hall–Kier alpha value is -3.15. The van der Waals surface area contributed by atoms with Gasteiger partial charge in [-0.25, -0.2) is 4.79 Å². The molecule has 0 radical (unpaired) electrons. The number of hydrogen-bond acceptors (Lipinski definition) is 4. The van der Waals surface area contributed by atoms with Crippen LogP contribution < -0.4 is 10.2 Å². The molecule has 0 unspecified atom stereocenters. The van der Waals surface area contributed by atoms with Crippen molar-refractivity contribution in [2.24, 2.45) is 0 Å². The summed E-state index contributed by atoms with van der Waals surface area (Å²) in [5.74, 6) is -0.959. The number of carbonyl (C=O) groups excluding carboxylic acids is 3. The number of ether oxygens (including phenoxy) is 1. The van der Waals surface area contributed by atoms with Crippen LogP contribution in [0.15, 0.2) is 48.5 Å². The van der Waals surface area contributed by atoms with Crippen molar-refractivity contribution in [2.75, 3.05) is 16.8 Å². The van der Waals surface area contributed by atoms with E-state index >= 15 is 0 Å². The average molecular weight is 366 g/mol. The molecule has 2 amide bonds. The second kappa shape index (κ2) is 8.03. The highest BCUT2D eigenvalue weighted by atomic mass is 16.5. The first-order valence-corrected chi connectivity index (χ1v) is 8.93. The molecule has 1 atom stereocenters. The fraction of sp³-hybridized carbons (Fsp3) is 0.286. The molecule has 3 rings (SSSR count). The van der Waals surface area contributed by atoms with Crippen LogP contribution in [-0.4, -0.2) is 30.4 Å². The molecule has 1 aliphatic heterocycles. The monoisotopic (exact) mass is 366 g/mol. The van der Waals surface area contributed by atoms with Gasteiger partial charge < -0.3 is 15.0 Å². The molecule has 1 fully saturated rings. The van der Waals surface area contributed by atoms with Gasteiger partial charge in [-0.05, 0) is 50.6 Å². The number of carbonyl (C=O) groups is 3. The number of nitrogens with one attached hydrogen (secondary N) is 1. The van der Waals surface area contributed by atoms with Gasteiger partial charge in [0.15, 0.2) is 6.10 Å². The number of benzene rings is 2. The van der Waals surface area contributed by atoms with Gasteiger partial charge in [-0.3, -0.25) is 9.59 Å². The molecular formula is C21H22N2O4. The Morgan fingerprint density at radius 1 is 1.15 bits per heavy atom. The Balaban J connectivity index is 1.63. The Bertz CT molecular complexity index is 861. The van der Waals surface area contributed by atoms with Crippen molar-refractivity contribution in [2.45, 2.75) is 32.8 Å². The minimum atomic E-state index is -0.948. The van der Waals surface area contributed by atoms with E-state index in [4.69, 9.17) is 4.74 Å². The number of nitrogens with zero attached hydrogens (tertiary/aromatic N) is 1. The lowest BCUT2D eigenvalue weighted by Crippen LogP contribution is -2.30. The first kappa shape index (κ1) is 18.6. The van der Waals surface area contributed by atoms with Crippen LogP contribution in [0.2, 0.25) is 0 Å². The Kier molecular flexibility index (Phi) is 5.54. The van der Waals surface area contributed by atoms with Crippen LogP contribution in [0, 0.1) is 6.92 Å². The van der Waals surface area contributed by atoms with Crippen molar-refractivity contribution < 1.29 is 19.1 Å². The summed E-state index contributed by atoms with van der Waals surface area (Å²) in [5.41, 5.74) is 2.71. The number of aryl methyl sites for hydroxylation is 1. The highest BCUT2D eigenvalue weighted by Gasteiger charge is 2.23. The molecule has 1 N–H and O–H groups in total. The second-order valence-electron chi connectivity index (χ2n) is 6.60. The number of anilines is 2. The van der Waals surface area contributed by atoms with Crippen molar-refractivity contribution in [1.29, 1.82) is 0 Å². The summed E-state index contributed by atoms with van der Waals surface area (Å²) in [6, 6.07) is 14.1. The lowest BCUT2D eigenvalue weighted by Gasteiger charge is -2.17. The lowest BCUT2D eigenvalue weighted by molar-refractivity contribution is -0.123. The van der Waals surface area contributed by atoms with Crippen LogP contribution in [-0.2, 0) is 14.3 Å². The molecule has 1 aliphatic rings. The number of amides is 2. The van der Waals surface area contributed by atoms with Crippen LogP contribution in [0.25, 0.3) is 0 Å². The van der Waals surface area contributed by atoms with Gasteiger partial charge in [-0.2, -0.15) is 0 Å². The van der Waals surface area contributed by atoms with Crippen LogP contribution in [0.1, 0.15) is 35.7 Å². The van der Waals surface area contributed by atoms with E-state index in [0.29, 0.717) is 29.9 Å². The molecular weight excluding hydrogens is 344 g/mol. The number of rotatable bonds is 5. The fourth-order valence-electron chi connectivity index (χ4n) is 2.88. The van der Waals surface area contributed by atoms with Gasteiger partial charge in [0.1, 0.15) is 0 Å². The van der Waals surface area contributed by atoms with E-state index in [1.54, 1.807) is 41.3 Å². The molecule has 6 heteroatoms. The van der Waals surface area contributed by atoms with E-state index in [1.165, 1.54) is 6.92 Å². The van der Waals surface area contributed by atoms with Crippen LogP contribution in [0.5, 0.6) is 0 Å². The maximum absolute atomic E-state index is 12.4. The molecule has 0 bridgehead atoms. The summed E-state index contributed by atoms with van der Waals surface area (Å²) < 4.78 is 5.28. The summed E-state index contributed by atoms with van der Waals surface area (Å²) in [6.45, 7) is 4.13. The maximum atomic E-state index is 12.4. The molecule has 1 heterocycles. The maximum Gasteiger partial charge on any atom is 0.338 e. The summed E-state index contributed by atoms with van der Waals surface area (Å²) in [6.07, 6.45) is 0.380. The molecule has 140 valence electrons. The van der Waals surface area contributed by atoms with E-state index in [1.807, 2.05) is 19.1 Å². The zero-order valence-electron chi connectivity index (χ0n) is 15.4. The van der Waals surface area contributed by atoms with Crippen molar-refractivity contribution in [3.05, 3.63) is 59.7 Å². The van der Waals surface area contributed by atoms with Crippen LogP contribution in [0.3, 0.4) is 0 Å². The highest BCUT2D eigenvalue weighted by molar-refractivity contribution is 5.99. The lowest BCUT2D eigenvalue weighted by atomic mass is 10.2. The molecule has 0 spiro atoms. The van der Waals surface area contributed by atoms with Gasteiger partial charge in [0.05, 0.1) is 5.56 Å². The molecule has 27 heavy (non-hydrogen) atoms. The first-order valence-electron chi connectivity index (χ1n) is 8.93. The third-order valence-corrected chi connectivity index (χ3v) is 4.44. The summed E-state index contributed by atoms with van der Waals surface area (Å²) in [5, 5.41) is 2.72. The smallest absolute Gasteiger partial charge is 0.338 e. The van der Waals surface area contributed by atoms with Gasteiger partial charge in [-0.15, -0.1) is 0 Å². The summed E-state index contributed by atoms with van der Waals surface area (Å²) in [7, 11) is 0. The molecule has 0 aromatic heterocycles. The summed E-state index contributed by atoms with van der Waals surface area (Å²) >= 11 is 0. The SMILES string of the molecule is Cc1ccc(NC(=O)[C@@H](C)OC(=O)c2cccc(N3CCCC3=O)c2)cc1. The zero-order chi connectivity index (χ0) is 19.4. The Morgan fingerprint density at radius 2 is 1.89 bits per heavy atom. The predicted octanol–water partition coefficient (Wildman–Crippen LogP) is 3.31. The average Bonchev–Trinajstić information content (AvgIpc) is 3.09. The molecule has 0 aliphatic carbocycles. The van der Waals surface area contributed by atoms with Crippen molar-refractivity contribution >= 4 is 29.2 Å². The largest absolute Gasteiger partial charge is 0.449 e. The Morgan fingerprint density at radius 3 is 2.56 bits per heavy atom. The van der Waals surface area contributed by atoms with E-state index in [9.17, 15) is 14.4 Å². The van der Waals surface area contributed by atoms with Crippen molar-refractivity contribution in [3.8, 4) is 0 Å². The van der Waals surface area contributed by atoms with Gasteiger partial charge in [0.25, 0.3) is 5.91 Å². The number of esters is 1. The van der Waals surface area contributed by atoms with Gasteiger partial charge in [-0.1, -0.05) is 23.8 Å². The highest BCUT2D eigenvalue weighted by Crippen LogP contribution is 2.22. The third kappa shape index (κ3) is 4.53. The van der Waals surface area contributed by atoms with Crippen molar-refractivity contribution in [3.63, 3.8) is 0 Å². The molecule has 2 aromatic carbocycles. The number of hydrogen-bond donors (Lipinski definition) is 1. The van der Waals surface area contributed by atoms with Crippen LogP contribution in [0.4, 0.5) is 11.4 Å². The van der Waals surface area contributed by atoms with Crippen molar-refractivity contribution in [1.82, 2.24) is 0 Å². The predicted molar refractivity (Wildman–Crippen MR) is 103 cm³/mol. The van der Waals surface area contributed by atoms with Crippen LogP contribution >= 0.6 is 0 Å². The van der Waals surface area contributed by atoms with Gasteiger partial charge in [0, 0.05) is 24.3 Å². The van der Waals surface area contributed by atoms with Gasteiger partial charge in [0.2, 0.25) is 5.91 Å². The quantitative estimate of drug-likeness (QED) is 0.824.